The highest BCUT2D eigenvalue weighted by molar-refractivity contribution is 5.67. The quantitative estimate of drug-likeness (QED) is 0.753. The molecule has 1 fully saturated rings. The van der Waals surface area contributed by atoms with E-state index >= 15 is 0 Å². The first-order valence-corrected chi connectivity index (χ1v) is 5.33. The van der Waals surface area contributed by atoms with Crippen LogP contribution < -0.4 is 5.32 Å². The Kier molecular flexibility index (Phi) is 3.35. The lowest BCUT2D eigenvalue weighted by Gasteiger charge is -2.47. The van der Waals surface area contributed by atoms with Gasteiger partial charge in [-0.15, -0.1) is 0 Å². The molecule has 0 aromatic rings. The van der Waals surface area contributed by atoms with Crippen LogP contribution in [0.3, 0.4) is 0 Å². The van der Waals surface area contributed by atoms with Gasteiger partial charge < -0.3 is 10.4 Å². The molecule has 1 aliphatic heterocycles. The number of nitrogens with one attached hydrogen (secondary N) is 1. The monoisotopic (exact) mass is 254 g/mol. The Hall–Kier alpha value is -0.980. The number of alkyl halides is 3. The van der Waals surface area contributed by atoms with Gasteiger partial charge in [0.2, 0.25) is 0 Å². The summed E-state index contributed by atoms with van der Waals surface area (Å²) in [5, 5.41) is 11.7. The lowest BCUT2D eigenvalue weighted by Crippen LogP contribution is -2.67. The Balaban J connectivity index is 3.26. The maximum Gasteiger partial charge on any atom is 0.413 e. The largest absolute Gasteiger partial charge is 0.465 e. The van der Waals surface area contributed by atoms with Gasteiger partial charge in [0, 0.05) is 12.1 Å². The third-order valence-electron chi connectivity index (χ3n) is 2.95. The molecule has 0 aliphatic carbocycles. The highest BCUT2D eigenvalue weighted by Crippen LogP contribution is 2.43. The Morgan fingerprint density at radius 3 is 2.12 bits per heavy atom. The third kappa shape index (κ3) is 2.34. The van der Waals surface area contributed by atoms with Crippen molar-refractivity contribution in [1.82, 2.24) is 10.2 Å². The number of carboxylic acid groups (broad SMARTS) is 1. The molecular formula is C10H17F3N2O2. The van der Waals surface area contributed by atoms with E-state index in [4.69, 9.17) is 5.11 Å². The summed E-state index contributed by atoms with van der Waals surface area (Å²) in [4.78, 5) is 11.7. The van der Waals surface area contributed by atoms with E-state index in [1.807, 2.05) is 0 Å². The summed E-state index contributed by atoms with van der Waals surface area (Å²) in [5.74, 6) is 0. The van der Waals surface area contributed by atoms with Crippen LogP contribution in [0.25, 0.3) is 0 Å². The summed E-state index contributed by atoms with van der Waals surface area (Å²) in [7, 11) is 0. The van der Waals surface area contributed by atoms with Crippen LogP contribution in [0.1, 0.15) is 27.2 Å². The van der Waals surface area contributed by atoms with Crippen LogP contribution in [-0.4, -0.2) is 46.4 Å². The molecule has 1 saturated heterocycles. The summed E-state index contributed by atoms with van der Waals surface area (Å²) in [6.45, 7) is 4.17. The Morgan fingerprint density at radius 1 is 1.35 bits per heavy atom. The summed E-state index contributed by atoms with van der Waals surface area (Å²) in [6, 6.07) is 0. The van der Waals surface area contributed by atoms with Gasteiger partial charge in [0.15, 0.2) is 5.54 Å². The first kappa shape index (κ1) is 14.1. The van der Waals surface area contributed by atoms with Crippen molar-refractivity contribution in [2.24, 2.45) is 0 Å². The van der Waals surface area contributed by atoms with Crippen molar-refractivity contribution in [3.63, 3.8) is 0 Å². The predicted molar refractivity (Wildman–Crippen MR) is 55.9 cm³/mol. The molecule has 1 amide bonds. The molecule has 7 heteroatoms. The zero-order valence-electron chi connectivity index (χ0n) is 10.1. The van der Waals surface area contributed by atoms with Crippen molar-refractivity contribution < 1.29 is 23.1 Å². The molecule has 1 aliphatic rings. The van der Waals surface area contributed by atoms with E-state index in [0.29, 0.717) is 4.90 Å². The Labute approximate surface area is 97.8 Å². The number of hydrogen-bond acceptors (Lipinski definition) is 2. The fraction of sp³-hybridized carbons (Fsp3) is 0.900. The second kappa shape index (κ2) is 4.04. The molecule has 1 rings (SSSR count). The van der Waals surface area contributed by atoms with Crippen LogP contribution in [0.5, 0.6) is 0 Å². The van der Waals surface area contributed by atoms with Gasteiger partial charge in [-0.25, -0.2) is 4.79 Å². The molecule has 0 aromatic heterocycles. The predicted octanol–water partition coefficient (Wildman–Crippen LogP) is 2.06. The number of amides is 1. The van der Waals surface area contributed by atoms with Crippen LogP contribution in [0, 0.1) is 0 Å². The van der Waals surface area contributed by atoms with Gasteiger partial charge in [-0.05, 0) is 33.7 Å². The molecule has 100 valence electrons. The molecule has 4 nitrogen and oxygen atoms in total. The van der Waals surface area contributed by atoms with Crippen molar-refractivity contribution in [2.45, 2.75) is 44.4 Å². The average molecular weight is 254 g/mol. The normalized spacial score (nSPS) is 26.0. The highest BCUT2D eigenvalue weighted by atomic mass is 19.4. The molecule has 2 N–H and O–H groups in total. The first-order valence-electron chi connectivity index (χ1n) is 5.33. The number of nitrogens with zero attached hydrogens (tertiary/aromatic N) is 1. The molecule has 0 bridgehead atoms. The molecule has 1 atom stereocenters. The number of carbonyl (C=O) groups is 1. The SMILES string of the molecule is CC(C)(C)N(C(=O)O)[C@]1(C(F)(F)F)CCNC1. The summed E-state index contributed by atoms with van der Waals surface area (Å²) >= 11 is 0. The Morgan fingerprint density at radius 2 is 1.88 bits per heavy atom. The zero-order valence-corrected chi connectivity index (χ0v) is 10.1. The smallest absolute Gasteiger partial charge is 0.413 e. The second-order valence-electron chi connectivity index (χ2n) is 5.24. The van der Waals surface area contributed by atoms with Gasteiger partial charge in [0.05, 0.1) is 0 Å². The van der Waals surface area contributed by atoms with E-state index in [1.165, 1.54) is 20.8 Å². The van der Waals surface area contributed by atoms with E-state index in [2.05, 4.69) is 5.32 Å². The maximum atomic E-state index is 13.2. The van der Waals surface area contributed by atoms with Crippen LogP contribution in [0.2, 0.25) is 0 Å². The fourth-order valence-electron chi connectivity index (χ4n) is 2.35. The zero-order chi connectivity index (χ0) is 13.5. The second-order valence-corrected chi connectivity index (χ2v) is 5.24. The summed E-state index contributed by atoms with van der Waals surface area (Å²) in [6.07, 6.45) is -6.37. The van der Waals surface area contributed by atoms with E-state index in [0.717, 1.165) is 0 Å². The third-order valence-corrected chi connectivity index (χ3v) is 2.95. The Bertz CT molecular complexity index is 304. The van der Waals surface area contributed by atoms with Crippen LogP contribution in [0.4, 0.5) is 18.0 Å². The van der Waals surface area contributed by atoms with E-state index in [9.17, 15) is 18.0 Å². The van der Waals surface area contributed by atoms with Gasteiger partial charge in [-0.1, -0.05) is 0 Å². The van der Waals surface area contributed by atoms with Gasteiger partial charge in [0.25, 0.3) is 0 Å². The minimum absolute atomic E-state index is 0.166. The van der Waals surface area contributed by atoms with Gasteiger partial charge in [-0.2, -0.15) is 13.2 Å². The highest BCUT2D eigenvalue weighted by Gasteiger charge is 2.63. The topological polar surface area (TPSA) is 52.6 Å². The molecule has 17 heavy (non-hydrogen) atoms. The minimum Gasteiger partial charge on any atom is -0.465 e. The van der Waals surface area contributed by atoms with Gasteiger partial charge in [0.1, 0.15) is 0 Å². The molecule has 1 heterocycles. The van der Waals surface area contributed by atoms with Gasteiger partial charge >= 0.3 is 12.3 Å². The standard InChI is InChI=1S/C10H17F3N2O2/c1-8(2,3)15(7(16)17)9(10(11,12)13)4-5-14-6-9/h14H,4-6H2,1-3H3,(H,16,17)/t9-/m1/s1. The molecule has 0 saturated carbocycles. The number of rotatable bonds is 1. The molecule has 0 unspecified atom stereocenters. The first-order chi connectivity index (χ1) is 7.52. The van der Waals surface area contributed by atoms with E-state index in [1.54, 1.807) is 0 Å². The van der Waals surface area contributed by atoms with Crippen LogP contribution >= 0.6 is 0 Å². The lowest BCUT2D eigenvalue weighted by molar-refractivity contribution is -0.230. The summed E-state index contributed by atoms with van der Waals surface area (Å²) in [5.41, 5.74) is -3.43. The van der Waals surface area contributed by atoms with Gasteiger partial charge in [-0.3, -0.25) is 4.90 Å². The van der Waals surface area contributed by atoms with Crippen LogP contribution in [-0.2, 0) is 0 Å². The summed E-state index contributed by atoms with van der Waals surface area (Å²) < 4.78 is 39.6. The van der Waals surface area contributed by atoms with Crippen molar-refractivity contribution in [3.8, 4) is 0 Å². The minimum atomic E-state index is -4.58. The van der Waals surface area contributed by atoms with Crippen molar-refractivity contribution in [3.05, 3.63) is 0 Å². The molecular weight excluding hydrogens is 237 g/mol. The number of halogens is 3. The van der Waals surface area contributed by atoms with Crippen molar-refractivity contribution >= 4 is 6.09 Å². The lowest BCUT2D eigenvalue weighted by atomic mass is 9.90. The number of hydrogen-bond donors (Lipinski definition) is 2. The van der Waals surface area contributed by atoms with Crippen molar-refractivity contribution in [2.75, 3.05) is 13.1 Å². The van der Waals surface area contributed by atoms with Crippen molar-refractivity contribution in [1.29, 1.82) is 0 Å². The molecule has 0 radical (unpaired) electrons. The van der Waals surface area contributed by atoms with E-state index < -0.39 is 23.3 Å². The molecule has 0 aromatic carbocycles. The molecule has 0 spiro atoms. The maximum absolute atomic E-state index is 13.2. The van der Waals surface area contributed by atoms with E-state index in [-0.39, 0.29) is 19.5 Å². The van der Waals surface area contributed by atoms with Crippen LogP contribution in [0.15, 0.2) is 0 Å². The fourth-order valence-corrected chi connectivity index (χ4v) is 2.35. The average Bonchev–Trinajstić information content (AvgIpc) is 2.48.